The zero-order valence-electron chi connectivity index (χ0n) is 12.5. The van der Waals surface area contributed by atoms with Gasteiger partial charge in [-0.1, -0.05) is 17.9 Å². The largest absolute Gasteiger partial charge is 0.356 e. The van der Waals surface area contributed by atoms with Crippen LogP contribution in [0.4, 0.5) is 0 Å². The summed E-state index contributed by atoms with van der Waals surface area (Å²) in [6, 6.07) is 5.44. The minimum Gasteiger partial charge on any atom is -0.356 e. The Labute approximate surface area is 125 Å². The van der Waals surface area contributed by atoms with Gasteiger partial charge < -0.3 is 16.4 Å². The van der Waals surface area contributed by atoms with E-state index < -0.39 is 0 Å². The number of hydrogen-bond acceptors (Lipinski definition) is 3. The average molecular weight is 287 g/mol. The molecule has 21 heavy (non-hydrogen) atoms. The van der Waals surface area contributed by atoms with Crippen LogP contribution < -0.4 is 16.4 Å². The zero-order chi connectivity index (χ0) is 15.7. The van der Waals surface area contributed by atoms with E-state index in [2.05, 4.69) is 22.5 Å². The number of benzene rings is 1. The molecule has 0 aliphatic heterocycles. The molecule has 0 fully saturated rings. The second-order valence-corrected chi connectivity index (χ2v) is 4.51. The lowest BCUT2D eigenvalue weighted by atomic mass is 10.0. The van der Waals surface area contributed by atoms with Crippen LogP contribution in [0.2, 0.25) is 0 Å². The van der Waals surface area contributed by atoms with Crippen LogP contribution in [0.3, 0.4) is 0 Å². The predicted molar refractivity (Wildman–Crippen MR) is 82.7 cm³/mol. The number of amides is 2. The Balaban J connectivity index is 2.71. The minimum atomic E-state index is -0.236. The van der Waals surface area contributed by atoms with E-state index in [9.17, 15) is 9.59 Å². The first-order valence-corrected chi connectivity index (χ1v) is 6.93. The first kappa shape index (κ1) is 16.7. The molecule has 5 heteroatoms. The highest BCUT2D eigenvalue weighted by atomic mass is 16.2. The first-order chi connectivity index (χ1) is 10.1. The van der Waals surface area contributed by atoms with Crippen molar-refractivity contribution in [2.45, 2.75) is 20.3 Å². The van der Waals surface area contributed by atoms with Crippen molar-refractivity contribution < 1.29 is 9.59 Å². The molecule has 0 bridgehead atoms. The molecule has 112 valence electrons. The number of rotatable bonds is 5. The minimum absolute atomic E-state index is 0.0788. The van der Waals surface area contributed by atoms with Crippen molar-refractivity contribution in [3.8, 4) is 11.8 Å². The highest BCUT2D eigenvalue weighted by Gasteiger charge is 2.10. The summed E-state index contributed by atoms with van der Waals surface area (Å²) < 4.78 is 0. The maximum Gasteiger partial charge on any atom is 0.252 e. The third-order valence-electron chi connectivity index (χ3n) is 2.76. The summed E-state index contributed by atoms with van der Waals surface area (Å²) in [4.78, 5) is 23.5. The van der Waals surface area contributed by atoms with Crippen LogP contribution in [0.15, 0.2) is 18.2 Å². The van der Waals surface area contributed by atoms with Crippen molar-refractivity contribution in [1.82, 2.24) is 10.6 Å². The number of carbonyl (C=O) groups excluding carboxylic acids is 2. The van der Waals surface area contributed by atoms with Gasteiger partial charge >= 0.3 is 0 Å². The van der Waals surface area contributed by atoms with E-state index in [1.54, 1.807) is 6.07 Å². The van der Waals surface area contributed by atoms with Gasteiger partial charge in [-0.3, -0.25) is 9.59 Å². The Morgan fingerprint density at radius 3 is 2.71 bits per heavy atom. The average Bonchev–Trinajstić information content (AvgIpc) is 2.45. The van der Waals surface area contributed by atoms with Crippen LogP contribution in [0.1, 0.15) is 34.8 Å². The van der Waals surface area contributed by atoms with Gasteiger partial charge in [0.15, 0.2) is 0 Å². The highest BCUT2D eigenvalue weighted by molar-refractivity contribution is 5.97. The van der Waals surface area contributed by atoms with Crippen molar-refractivity contribution in [3.63, 3.8) is 0 Å². The quantitative estimate of drug-likeness (QED) is 0.692. The third-order valence-corrected chi connectivity index (χ3v) is 2.76. The van der Waals surface area contributed by atoms with Gasteiger partial charge in [0.25, 0.3) is 5.91 Å². The first-order valence-electron chi connectivity index (χ1n) is 6.93. The molecule has 0 unspecified atom stereocenters. The predicted octanol–water partition coefficient (Wildman–Crippen LogP) is 0.561. The Kier molecular flexibility index (Phi) is 6.99. The molecule has 1 aromatic rings. The highest BCUT2D eigenvalue weighted by Crippen LogP contribution is 2.10. The summed E-state index contributed by atoms with van der Waals surface area (Å²) in [7, 11) is 0. The summed E-state index contributed by atoms with van der Waals surface area (Å²) in [5.74, 6) is 5.34. The summed E-state index contributed by atoms with van der Waals surface area (Å²) >= 11 is 0. The monoisotopic (exact) mass is 287 g/mol. The van der Waals surface area contributed by atoms with Gasteiger partial charge in [-0.25, -0.2) is 0 Å². The van der Waals surface area contributed by atoms with Gasteiger partial charge in [-0.15, -0.1) is 0 Å². The van der Waals surface area contributed by atoms with E-state index in [-0.39, 0.29) is 24.8 Å². The number of nitrogens with two attached hydrogens (primary N) is 1. The smallest absolute Gasteiger partial charge is 0.252 e. The molecule has 0 spiro atoms. The van der Waals surface area contributed by atoms with Crippen LogP contribution in [0.5, 0.6) is 0 Å². The van der Waals surface area contributed by atoms with Gasteiger partial charge in [-0.2, -0.15) is 0 Å². The van der Waals surface area contributed by atoms with E-state index in [1.165, 1.54) is 0 Å². The Hall–Kier alpha value is -2.32. The molecule has 0 saturated heterocycles. The molecular formula is C16H21N3O2. The molecule has 5 nitrogen and oxygen atoms in total. The zero-order valence-corrected chi connectivity index (χ0v) is 12.5. The topological polar surface area (TPSA) is 84.2 Å². The molecule has 0 radical (unpaired) electrons. The molecule has 0 aliphatic carbocycles. The lowest BCUT2D eigenvalue weighted by Crippen LogP contribution is -2.30. The molecule has 1 rings (SSSR count). The molecule has 0 aromatic heterocycles. The lowest BCUT2D eigenvalue weighted by Gasteiger charge is -2.08. The van der Waals surface area contributed by atoms with E-state index in [0.717, 1.165) is 5.56 Å². The van der Waals surface area contributed by atoms with Gasteiger partial charge in [-0.05, 0) is 31.5 Å². The van der Waals surface area contributed by atoms with E-state index in [1.807, 2.05) is 26.0 Å². The van der Waals surface area contributed by atoms with Gasteiger partial charge in [0.1, 0.15) is 0 Å². The molecule has 0 saturated carbocycles. The molecule has 4 N–H and O–H groups in total. The van der Waals surface area contributed by atoms with Crippen LogP contribution in [0.25, 0.3) is 0 Å². The maximum atomic E-state index is 12.1. The molecular weight excluding hydrogens is 266 g/mol. The lowest BCUT2D eigenvalue weighted by molar-refractivity contribution is -0.120. The van der Waals surface area contributed by atoms with Crippen molar-refractivity contribution >= 4 is 11.8 Å². The van der Waals surface area contributed by atoms with E-state index >= 15 is 0 Å². The second-order valence-electron chi connectivity index (χ2n) is 4.51. The van der Waals surface area contributed by atoms with Crippen LogP contribution in [-0.2, 0) is 4.79 Å². The normalized spacial score (nSPS) is 9.48. The van der Waals surface area contributed by atoms with E-state index in [4.69, 9.17) is 5.73 Å². The van der Waals surface area contributed by atoms with Gasteiger partial charge in [0.2, 0.25) is 5.91 Å². The Morgan fingerprint density at radius 2 is 2.05 bits per heavy atom. The Bertz CT molecular complexity index is 571. The van der Waals surface area contributed by atoms with Crippen molar-refractivity contribution in [2.75, 3.05) is 19.6 Å². The van der Waals surface area contributed by atoms with E-state index in [0.29, 0.717) is 24.2 Å². The standard InChI is InChI=1S/C16H21N3O2/c1-3-18-15(20)8-10-19-16(21)14-7-6-12(2)11-13(14)5-4-9-17/h6-7,11H,3,8-10,17H2,1-2H3,(H,18,20)(H,19,21). The second kappa shape index (κ2) is 8.77. The number of aryl methyl sites for hydroxylation is 1. The van der Waals surface area contributed by atoms with Crippen LogP contribution >= 0.6 is 0 Å². The van der Waals surface area contributed by atoms with Crippen LogP contribution in [0, 0.1) is 18.8 Å². The SMILES string of the molecule is CCNC(=O)CCNC(=O)c1ccc(C)cc1C#CCN. The van der Waals surface area contributed by atoms with Crippen molar-refractivity contribution in [1.29, 1.82) is 0 Å². The fourth-order valence-electron chi connectivity index (χ4n) is 1.78. The molecule has 2 amide bonds. The summed E-state index contributed by atoms with van der Waals surface area (Å²) in [5.41, 5.74) is 7.53. The molecule has 0 heterocycles. The van der Waals surface area contributed by atoms with Gasteiger partial charge in [0, 0.05) is 25.1 Å². The molecule has 0 atom stereocenters. The Morgan fingerprint density at radius 1 is 1.29 bits per heavy atom. The van der Waals surface area contributed by atoms with Crippen LogP contribution in [-0.4, -0.2) is 31.4 Å². The molecule has 1 aromatic carbocycles. The summed E-state index contributed by atoms with van der Waals surface area (Å²) in [6.45, 7) is 4.91. The third kappa shape index (κ3) is 5.67. The fraction of sp³-hybridized carbons (Fsp3) is 0.375. The van der Waals surface area contributed by atoms with Crippen molar-refractivity contribution in [2.24, 2.45) is 5.73 Å². The molecule has 0 aliphatic rings. The number of hydrogen-bond donors (Lipinski definition) is 3. The number of carbonyl (C=O) groups is 2. The maximum absolute atomic E-state index is 12.1. The summed E-state index contributed by atoms with van der Waals surface area (Å²) in [6.07, 6.45) is 0.259. The fourth-order valence-corrected chi connectivity index (χ4v) is 1.78. The number of nitrogens with one attached hydrogen (secondary N) is 2. The van der Waals surface area contributed by atoms with Gasteiger partial charge in [0.05, 0.1) is 12.1 Å². The summed E-state index contributed by atoms with van der Waals surface area (Å²) in [5, 5.41) is 5.41. The van der Waals surface area contributed by atoms with Crippen molar-refractivity contribution in [3.05, 3.63) is 34.9 Å².